The summed E-state index contributed by atoms with van der Waals surface area (Å²) in [6.07, 6.45) is 1.51. The van der Waals surface area contributed by atoms with Gasteiger partial charge >= 0.3 is 0 Å². The number of para-hydroxylation sites is 1. The fourth-order valence-electron chi connectivity index (χ4n) is 2.31. The summed E-state index contributed by atoms with van der Waals surface area (Å²) in [5, 5.41) is 6.50. The van der Waals surface area contributed by atoms with E-state index in [2.05, 4.69) is 10.5 Å². The maximum Gasteiger partial charge on any atom is 0.265 e. The highest BCUT2D eigenvalue weighted by Crippen LogP contribution is 2.14. The zero-order valence-electron chi connectivity index (χ0n) is 15.0. The van der Waals surface area contributed by atoms with Crippen LogP contribution in [0, 0.1) is 5.82 Å². The Balaban J connectivity index is 1.41. The van der Waals surface area contributed by atoms with Gasteiger partial charge in [0.15, 0.2) is 6.61 Å². The summed E-state index contributed by atoms with van der Waals surface area (Å²) >= 11 is 0. The van der Waals surface area contributed by atoms with Crippen molar-refractivity contribution in [2.24, 2.45) is 5.16 Å². The van der Waals surface area contributed by atoms with E-state index in [0.29, 0.717) is 18.0 Å². The Morgan fingerprint density at radius 2 is 1.68 bits per heavy atom. The van der Waals surface area contributed by atoms with Gasteiger partial charge in [0.1, 0.15) is 18.2 Å². The number of carbonyl (C=O) groups is 1. The first-order valence-corrected chi connectivity index (χ1v) is 8.66. The van der Waals surface area contributed by atoms with Gasteiger partial charge in [-0.05, 0) is 59.7 Å². The summed E-state index contributed by atoms with van der Waals surface area (Å²) in [6, 6.07) is 22.5. The molecule has 0 atom stereocenters. The molecule has 0 spiro atoms. The van der Waals surface area contributed by atoms with Gasteiger partial charge in [0.05, 0.1) is 6.21 Å². The van der Waals surface area contributed by atoms with Crippen molar-refractivity contribution in [3.63, 3.8) is 0 Å². The van der Waals surface area contributed by atoms with Crippen LogP contribution in [0.15, 0.2) is 84.0 Å². The molecule has 142 valence electrons. The summed E-state index contributed by atoms with van der Waals surface area (Å²) < 4.78 is 18.5. The molecule has 6 heteroatoms. The molecule has 3 aromatic rings. The molecule has 1 amide bonds. The molecule has 1 N–H and O–H groups in total. The molecular weight excluding hydrogens is 359 g/mol. The number of rotatable bonds is 8. The van der Waals surface area contributed by atoms with E-state index in [1.807, 2.05) is 30.3 Å². The standard InChI is InChI=1S/C22H19FN2O3/c23-19-10-6-18(7-11-19)15-27-21-12-8-17(9-13-21)14-24-28-16-22(26)25-20-4-2-1-3-5-20/h1-14H,15-16H2,(H,25,26)/b24-14+. The highest BCUT2D eigenvalue weighted by atomic mass is 19.1. The van der Waals surface area contributed by atoms with Crippen LogP contribution in [-0.2, 0) is 16.2 Å². The van der Waals surface area contributed by atoms with Crippen LogP contribution in [-0.4, -0.2) is 18.7 Å². The molecular formula is C22H19FN2O3. The Morgan fingerprint density at radius 3 is 2.39 bits per heavy atom. The van der Waals surface area contributed by atoms with Crippen molar-refractivity contribution in [3.8, 4) is 5.75 Å². The van der Waals surface area contributed by atoms with Crippen LogP contribution in [0.4, 0.5) is 10.1 Å². The van der Waals surface area contributed by atoms with Gasteiger partial charge in [0.2, 0.25) is 0 Å². The minimum atomic E-state index is -0.284. The Kier molecular flexibility index (Phi) is 6.73. The maximum atomic E-state index is 12.9. The van der Waals surface area contributed by atoms with Crippen LogP contribution in [0.3, 0.4) is 0 Å². The van der Waals surface area contributed by atoms with Crippen molar-refractivity contribution in [1.82, 2.24) is 0 Å². The van der Waals surface area contributed by atoms with Crippen molar-refractivity contribution in [3.05, 3.63) is 95.8 Å². The minimum absolute atomic E-state index is 0.176. The third-order valence-electron chi connectivity index (χ3n) is 3.73. The van der Waals surface area contributed by atoms with E-state index in [1.54, 1.807) is 36.4 Å². The molecule has 0 radical (unpaired) electrons. The Labute approximate surface area is 162 Å². The number of hydrogen-bond donors (Lipinski definition) is 1. The molecule has 3 aromatic carbocycles. The highest BCUT2D eigenvalue weighted by molar-refractivity contribution is 5.91. The molecule has 0 unspecified atom stereocenters. The Morgan fingerprint density at radius 1 is 0.964 bits per heavy atom. The van der Waals surface area contributed by atoms with Crippen molar-refractivity contribution in [2.45, 2.75) is 6.61 Å². The number of nitrogens with zero attached hydrogens (tertiary/aromatic N) is 1. The van der Waals surface area contributed by atoms with E-state index in [-0.39, 0.29) is 18.3 Å². The number of nitrogens with one attached hydrogen (secondary N) is 1. The second-order valence-electron chi connectivity index (χ2n) is 5.91. The zero-order valence-corrected chi connectivity index (χ0v) is 15.0. The van der Waals surface area contributed by atoms with E-state index < -0.39 is 0 Å². The molecule has 0 saturated heterocycles. The van der Waals surface area contributed by atoms with Crippen LogP contribution >= 0.6 is 0 Å². The SMILES string of the molecule is O=C(CO/N=C/c1ccc(OCc2ccc(F)cc2)cc1)Nc1ccccc1. The third kappa shape index (κ3) is 6.25. The van der Waals surface area contributed by atoms with Crippen molar-refractivity contribution < 1.29 is 18.8 Å². The minimum Gasteiger partial charge on any atom is -0.489 e. The van der Waals surface area contributed by atoms with Gasteiger partial charge in [-0.15, -0.1) is 0 Å². The van der Waals surface area contributed by atoms with Crippen molar-refractivity contribution >= 4 is 17.8 Å². The number of halogens is 1. The number of ether oxygens (including phenoxy) is 1. The monoisotopic (exact) mass is 378 g/mol. The van der Waals surface area contributed by atoms with E-state index in [0.717, 1.165) is 11.1 Å². The lowest BCUT2D eigenvalue weighted by Crippen LogP contribution is -2.16. The van der Waals surface area contributed by atoms with Crippen LogP contribution in [0.5, 0.6) is 5.75 Å². The molecule has 0 aromatic heterocycles. The normalized spacial score (nSPS) is 10.6. The van der Waals surface area contributed by atoms with Gasteiger partial charge in [-0.25, -0.2) is 4.39 Å². The van der Waals surface area contributed by atoms with E-state index >= 15 is 0 Å². The molecule has 28 heavy (non-hydrogen) atoms. The first-order valence-electron chi connectivity index (χ1n) is 8.66. The van der Waals surface area contributed by atoms with Crippen LogP contribution in [0.1, 0.15) is 11.1 Å². The Bertz CT molecular complexity index is 911. The van der Waals surface area contributed by atoms with Gasteiger partial charge in [0, 0.05) is 5.69 Å². The highest BCUT2D eigenvalue weighted by Gasteiger charge is 2.01. The number of carbonyl (C=O) groups excluding carboxylic acids is 1. The number of hydrogen-bond acceptors (Lipinski definition) is 4. The van der Waals surface area contributed by atoms with Crippen LogP contribution < -0.4 is 10.1 Å². The van der Waals surface area contributed by atoms with E-state index in [9.17, 15) is 9.18 Å². The molecule has 0 bridgehead atoms. The smallest absolute Gasteiger partial charge is 0.265 e. The second kappa shape index (κ2) is 9.87. The molecule has 0 saturated carbocycles. The van der Waals surface area contributed by atoms with Crippen molar-refractivity contribution in [2.75, 3.05) is 11.9 Å². The first kappa shape index (κ1) is 19.1. The van der Waals surface area contributed by atoms with Crippen LogP contribution in [0.2, 0.25) is 0 Å². The van der Waals surface area contributed by atoms with Gasteiger partial charge < -0.3 is 14.9 Å². The molecule has 0 aliphatic rings. The van der Waals surface area contributed by atoms with Gasteiger partial charge in [-0.3, -0.25) is 4.79 Å². The lowest BCUT2D eigenvalue weighted by molar-refractivity contribution is -0.120. The predicted octanol–water partition coefficient (Wildman–Crippen LogP) is 4.39. The molecule has 3 rings (SSSR count). The lowest BCUT2D eigenvalue weighted by atomic mass is 10.2. The zero-order chi connectivity index (χ0) is 19.6. The van der Waals surface area contributed by atoms with Gasteiger partial charge in [-0.1, -0.05) is 35.5 Å². The van der Waals surface area contributed by atoms with Gasteiger partial charge in [0.25, 0.3) is 5.91 Å². The topological polar surface area (TPSA) is 59.9 Å². The summed E-state index contributed by atoms with van der Waals surface area (Å²) in [7, 11) is 0. The fraction of sp³-hybridized carbons (Fsp3) is 0.0909. The lowest BCUT2D eigenvalue weighted by Gasteiger charge is -2.06. The molecule has 0 aliphatic carbocycles. The average molecular weight is 378 g/mol. The number of anilines is 1. The molecule has 5 nitrogen and oxygen atoms in total. The van der Waals surface area contributed by atoms with Crippen molar-refractivity contribution in [1.29, 1.82) is 0 Å². The first-order chi connectivity index (χ1) is 13.7. The second-order valence-corrected chi connectivity index (χ2v) is 5.91. The molecule has 0 heterocycles. The summed E-state index contributed by atoms with van der Waals surface area (Å²) in [6.45, 7) is 0.178. The quantitative estimate of drug-likeness (QED) is 0.467. The number of benzene rings is 3. The third-order valence-corrected chi connectivity index (χ3v) is 3.73. The molecule has 0 aliphatic heterocycles. The number of oxime groups is 1. The average Bonchev–Trinajstić information content (AvgIpc) is 2.72. The summed E-state index contributed by atoms with van der Waals surface area (Å²) in [5.41, 5.74) is 2.39. The summed E-state index contributed by atoms with van der Waals surface area (Å²) in [5.74, 6) is 0.129. The van der Waals surface area contributed by atoms with Crippen LogP contribution in [0.25, 0.3) is 0 Å². The summed E-state index contributed by atoms with van der Waals surface area (Å²) in [4.78, 5) is 16.7. The maximum absolute atomic E-state index is 12.9. The van der Waals surface area contributed by atoms with Gasteiger partial charge in [-0.2, -0.15) is 0 Å². The number of amides is 1. The molecule has 0 fully saturated rings. The predicted molar refractivity (Wildman–Crippen MR) is 106 cm³/mol. The fourth-order valence-corrected chi connectivity index (χ4v) is 2.31. The Hall–Kier alpha value is -3.67. The van der Waals surface area contributed by atoms with E-state index in [1.165, 1.54) is 18.3 Å². The largest absolute Gasteiger partial charge is 0.489 e. The van der Waals surface area contributed by atoms with E-state index in [4.69, 9.17) is 9.57 Å².